The fourth-order valence-corrected chi connectivity index (χ4v) is 3.99. The molecular weight excluding hydrogens is 397 g/mol. The summed E-state index contributed by atoms with van der Waals surface area (Å²) in [4.78, 5) is 27.2. The first kappa shape index (κ1) is 21.2. The summed E-state index contributed by atoms with van der Waals surface area (Å²) in [5.74, 6) is 0.253. The van der Waals surface area contributed by atoms with Crippen LogP contribution in [0.3, 0.4) is 0 Å². The van der Waals surface area contributed by atoms with Crippen molar-refractivity contribution in [2.24, 2.45) is 0 Å². The average molecular weight is 423 g/mol. The first-order valence-corrected chi connectivity index (χ1v) is 10.6. The smallest absolute Gasteiger partial charge is 0.339 e. The van der Waals surface area contributed by atoms with E-state index in [2.05, 4.69) is 11.9 Å². The van der Waals surface area contributed by atoms with Gasteiger partial charge in [-0.25, -0.2) is 9.18 Å². The SMILES string of the molecule is Cc1c(OC2CCN(C)CC2)ccc2cc(CC(=O)Cc3ccc(F)cc3)c(=O)oc12. The van der Waals surface area contributed by atoms with Gasteiger partial charge in [-0.3, -0.25) is 4.79 Å². The molecule has 1 saturated heterocycles. The predicted octanol–water partition coefficient (Wildman–Crippen LogP) is 4.07. The van der Waals surface area contributed by atoms with E-state index in [1.54, 1.807) is 18.2 Å². The standard InChI is InChI=1S/C25H26FNO4/c1-16-23(30-22-9-11-27(2)12-10-22)8-5-18-14-19(25(29)31-24(16)18)15-21(28)13-17-3-6-20(26)7-4-17/h3-8,14,22H,9-13,15H2,1-2H3. The summed E-state index contributed by atoms with van der Waals surface area (Å²) in [5.41, 5.74) is 1.80. The number of hydrogen-bond acceptors (Lipinski definition) is 5. The molecular formula is C25H26FNO4. The summed E-state index contributed by atoms with van der Waals surface area (Å²) in [5, 5.41) is 0.761. The Balaban J connectivity index is 1.51. The number of nitrogens with zero attached hydrogens (tertiary/aromatic N) is 1. The van der Waals surface area contributed by atoms with Crippen LogP contribution in [0.15, 0.2) is 51.7 Å². The normalized spacial score (nSPS) is 15.3. The predicted molar refractivity (Wildman–Crippen MR) is 117 cm³/mol. The molecule has 1 aliphatic heterocycles. The van der Waals surface area contributed by atoms with Crippen LogP contribution >= 0.6 is 0 Å². The van der Waals surface area contributed by atoms with Gasteiger partial charge in [-0.1, -0.05) is 12.1 Å². The fraction of sp³-hybridized carbons (Fsp3) is 0.360. The molecule has 3 aromatic rings. The molecule has 0 atom stereocenters. The van der Waals surface area contributed by atoms with Crippen LogP contribution in [0.25, 0.3) is 11.0 Å². The quantitative estimate of drug-likeness (QED) is 0.560. The van der Waals surface area contributed by atoms with Gasteiger partial charge in [0, 0.05) is 42.4 Å². The van der Waals surface area contributed by atoms with Crippen molar-refractivity contribution < 1.29 is 18.3 Å². The molecule has 6 heteroatoms. The van der Waals surface area contributed by atoms with E-state index in [0.717, 1.165) is 42.6 Å². The van der Waals surface area contributed by atoms with Gasteiger partial charge in [-0.2, -0.15) is 0 Å². The van der Waals surface area contributed by atoms with E-state index in [1.165, 1.54) is 12.1 Å². The maximum atomic E-state index is 13.0. The van der Waals surface area contributed by atoms with Gasteiger partial charge in [0.25, 0.3) is 0 Å². The summed E-state index contributed by atoms with van der Waals surface area (Å²) in [6.07, 6.45) is 2.20. The molecule has 0 N–H and O–H groups in total. The van der Waals surface area contributed by atoms with Crippen molar-refractivity contribution in [3.8, 4) is 5.75 Å². The van der Waals surface area contributed by atoms with Gasteiger partial charge in [0.2, 0.25) is 0 Å². The largest absolute Gasteiger partial charge is 0.490 e. The fourth-order valence-electron chi connectivity index (χ4n) is 3.99. The molecule has 2 heterocycles. The summed E-state index contributed by atoms with van der Waals surface area (Å²) >= 11 is 0. The van der Waals surface area contributed by atoms with E-state index in [1.807, 2.05) is 19.1 Å². The Hall–Kier alpha value is -2.99. The lowest BCUT2D eigenvalue weighted by Gasteiger charge is -2.29. The minimum Gasteiger partial charge on any atom is -0.490 e. The molecule has 1 aromatic heterocycles. The van der Waals surface area contributed by atoms with E-state index < -0.39 is 5.63 Å². The molecule has 4 rings (SSSR count). The van der Waals surface area contributed by atoms with Crippen LogP contribution in [0.1, 0.15) is 29.5 Å². The lowest BCUT2D eigenvalue weighted by atomic mass is 10.0. The Morgan fingerprint density at radius 2 is 1.84 bits per heavy atom. The number of hydrogen-bond donors (Lipinski definition) is 0. The van der Waals surface area contributed by atoms with Crippen LogP contribution in [0.4, 0.5) is 4.39 Å². The van der Waals surface area contributed by atoms with Gasteiger partial charge in [-0.05, 0) is 62.7 Å². The third kappa shape index (κ3) is 5.02. The van der Waals surface area contributed by atoms with Crippen molar-refractivity contribution in [1.29, 1.82) is 0 Å². The number of carbonyl (C=O) groups excluding carboxylic acids is 1. The number of carbonyl (C=O) groups is 1. The minimum absolute atomic E-state index is 0.0253. The number of ketones is 1. The Morgan fingerprint density at radius 1 is 1.13 bits per heavy atom. The van der Waals surface area contributed by atoms with Crippen LogP contribution in [0.5, 0.6) is 5.75 Å². The molecule has 31 heavy (non-hydrogen) atoms. The lowest BCUT2D eigenvalue weighted by Crippen LogP contribution is -2.35. The van der Waals surface area contributed by atoms with Crippen LogP contribution in [-0.4, -0.2) is 36.9 Å². The minimum atomic E-state index is -0.514. The molecule has 162 valence electrons. The third-order valence-corrected chi connectivity index (χ3v) is 5.83. The summed E-state index contributed by atoms with van der Waals surface area (Å²) in [6, 6.07) is 11.3. The Bertz CT molecular complexity index is 1140. The van der Waals surface area contributed by atoms with Crippen molar-refractivity contribution in [1.82, 2.24) is 4.90 Å². The number of piperidine rings is 1. The molecule has 1 fully saturated rings. The van der Waals surface area contributed by atoms with Crippen molar-refractivity contribution in [3.63, 3.8) is 0 Å². The van der Waals surface area contributed by atoms with Crippen LogP contribution in [-0.2, 0) is 17.6 Å². The number of fused-ring (bicyclic) bond motifs is 1. The van der Waals surface area contributed by atoms with Gasteiger partial charge in [0.15, 0.2) is 0 Å². The number of benzene rings is 2. The zero-order valence-electron chi connectivity index (χ0n) is 17.8. The third-order valence-electron chi connectivity index (χ3n) is 5.83. The molecule has 5 nitrogen and oxygen atoms in total. The maximum absolute atomic E-state index is 13.0. The van der Waals surface area contributed by atoms with Crippen LogP contribution < -0.4 is 10.4 Å². The van der Waals surface area contributed by atoms with E-state index in [-0.39, 0.29) is 30.5 Å². The van der Waals surface area contributed by atoms with Crippen molar-refractivity contribution in [3.05, 3.63) is 75.4 Å². The van der Waals surface area contributed by atoms with Crippen molar-refractivity contribution in [2.75, 3.05) is 20.1 Å². The molecule has 0 spiro atoms. The number of ether oxygens (including phenoxy) is 1. The van der Waals surface area contributed by atoms with Gasteiger partial charge >= 0.3 is 5.63 Å². The molecule has 0 radical (unpaired) electrons. The number of halogens is 1. The molecule has 0 saturated carbocycles. The highest BCUT2D eigenvalue weighted by Gasteiger charge is 2.20. The molecule has 0 unspecified atom stereocenters. The van der Waals surface area contributed by atoms with Gasteiger partial charge < -0.3 is 14.1 Å². The van der Waals surface area contributed by atoms with Crippen LogP contribution in [0, 0.1) is 12.7 Å². The first-order chi connectivity index (χ1) is 14.9. The summed E-state index contributed by atoms with van der Waals surface area (Å²) in [6.45, 7) is 3.89. The van der Waals surface area contributed by atoms with E-state index >= 15 is 0 Å². The first-order valence-electron chi connectivity index (χ1n) is 10.6. The summed E-state index contributed by atoms with van der Waals surface area (Å²) < 4.78 is 24.8. The summed E-state index contributed by atoms with van der Waals surface area (Å²) in [7, 11) is 2.11. The second kappa shape index (κ2) is 9.02. The highest BCUT2D eigenvalue weighted by atomic mass is 19.1. The highest BCUT2D eigenvalue weighted by molar-refractivity contribution is 5.86. The van der Waals surface area contributed by atoms with Crippen molar-refractivity contribution in [2.45, 2.75) is 38.7 Å². The number of rotatable bonds is 6. The number of Topliss-reactive ketones (excluding diaryl/α,β-unsaturated/α-hetero) is 1. The second-order valence-corrected chi connectivity index (χ2v) is 8.31. The topological polar surface area (TPSA) is 59.8 Å². The second-order valence-electron chi connectivity index (χ2n) is 8.31. The number of aryl methyl sites for hydroxylation is 1. The highest BCUT2D eigenvalue weighted by Crippen LogP contribution is 2.29. The van der Waals surface area contributed by atoms with E-state index in [9.17, 15) is 14.0 Å². The molecule has 0 aliphatic carbocycles. The lowest BCUT2D eigenvalue weighted by molar-refractivity contribution is -0.117. The van der Waals surface area contributed by atoms with Crippen LogP contribution in [0.2, 0.25) is 0 Å². The zero-order valence-corrected chi connectivity index (χ0v) is 17.8. The Morgan fingerprint density at radius 3 is 2.55 bits per heavy atom. The molecule has 0 bridgehead atoms. The molecule has 1 aliphatic rings. The number of likely N-dealkylation sites (tertiary alicyclic amines) is 1. The van der Waals surface area contributed by atoms with Crippen molar-refractivity contribution >= 4 is 16.8 Å². The Kier molecular flexibility index (Phi) is 6.18. The monoisotopic (exact) mass is 423 g/mol. The zero-order chi connectivity index (χ0) is 22.0. The van der Waals surface area contributed by atoms with E-state index in [0.29, 0.717) is 16.7 Å². The van der Waals surface area contributed by atoms with E-state index in [4.69, 9.17) is 9.15 Å². The van der Waals surface area contributed by atoms with Gasteiger partial charge in [0.1, 0.15) is 29.0 Å². The maximum Gasteiger partial charge on any atom is 0.339 e. The van der Waals surface area contributed by atoms with Gasteiger partial charge in [0.05, 0.1) is 0 Å². The molecule has 2 aromatic carbocycles. The average Bonchev–Trinajstić information content (AvgIpc) is 2.74. The Labute approximate surface area is 180 Å². The molecule has 0 amide bonds. The van der Waals surface area contributed by atoms with Gasteiger partial charge in [-0.15, -0.1) is 0 Å².